The van der Waals surface area contributed by atoms with Crippen LogP contribution in [0, 0.1) is 27.9 Å². The number of nitrogens with zero attached hydrogens (tertiary/aromatic N) is 1. The molecule has 0 atom stereocenters. The lowest BCUT2D eigenvalue weighted by Gasteiger charge is -2.56. The van der Waals surface area contributed by atoms with Crippen molar-refractivity contribution in [3.05, 3.63) is 34.4 Å². The monoisotopic (exact) mass is 343 g/mol. The van der Waals surface area contributed by atoms with Crippen LogP contribution in [0.5, 0.6) is 0 Å². The Balaban J connectivity index is 1.31. The zero-order valence-corrected chi connectivity index (χ0v) is 14.4. The predicted octanol–water partition coefficient (Wildman–Crippen LogP) is 3.48. The van der Waals surface area contributed by atoms with Gasteiger partial charge in [-0.1, -0.05) is 12.1 Å². The highest BCUT2D eigenvalue weighted by atomic mass is 16.6. The number of amides is 1. The Morgan fingerprint density at radius 1 is 1.12 bits per heavy atom. The molecule has 6 nitrogen and oxygen atoms in total. The Morgan fingerprint density at radius 2 is 1.72 bits per heavy atom. The smallest absolute Gasteiger partial charge is 0.292 e. The van der Waals surface area contributed by atoms with Crippen molar-refractivity contribution in [3.63, 3.8) is 0 Å². The summed E-state index contributed by atoms with van der Waals surface area (Å²) < 4.78 is 0. The molecule has 4 fully saturated rings. The minimum absolute atomic E-state index is 0.0323. The first-order valence-corrected chi connectivity index (χ1v) is 9.31. The fraction of sp³-hybridized carbons (Fsp3) is 0.632. The van der Waals surface area contributed by atoms with Crippen molar-refractivity contribution in [2.75, 3.05) is 11.9 Å². The highest BCUT2D eigenvalue weighted by Crippen LogP contribution is 2.55. The number of carbonyl (C=O) groups excluding carboxylic acids is 1. The average Bonchev–Trinajstić information content (AvgIpc) is 2.53. The van der Waals surface area contributed by atoms with Crippen LogP contribution in [0.3, 0.4) is 0 Å². The lowest BCUT2D eigenvalue weighted by Crippen LogP contribution is -2.59. The third kappa shape index (κ3) is 3.34. The summed E-state index contributed by atoms with van der Waals surface area (Å²) in [6.07, 6.45) is 7.83. The third-order valence-corrected chi connectivity index (χ3v) is 6.21. The van der Waals surface area contributed by atoms with Crippen molar-refractivity contribution >= 4 is 17.3 Å². The summed E-state index contributed by atoms with van der Waals surface area (Å²) in [5, 5.41) is 17.4. The van der Waals surface area contributed by atoms with Crippen molar-refractivity contribution in [3.8, 4) is 0 Å². The van der Waals surface area contributed by atoms with E-state index in [1.165, 1.54) is 25.3 Å². The summed E-state index contributed by atoms with van der Waals surface area (Å²) in [6, 6.07) is 6.54. The van der Waals surface area contributed by atoms with Gasteiger partial charge in [-0.3, -0.25) is 14.9 Å². The van der Waals surface area contributed by atoms with Gasteiger partial charge >= 0.3 is 0 Å². The molecular weight excluding hydrogens is 318 g/mol. The van der Waals surface area contributed by atoms with E-state index >= 15 is 0 Å². The summed E-state index contributed by atoms with van der Waals surface area (Å²) >= 11 is 0. The number of hydrogen-bond acceptors (Lipinski definition) is 4. The third-order valence-electron chi connectivity index (χ3n) is 6.21. The molecule has 0 aliphatic heterocycles. The van der Waals surface area contributed by atoms with Gasteiger partial charge in [0.05, 0.1) is 4.92 Å². The van der Waals surface area contributed by atoms with Crippen LogP contribution in [0.25, 0.3) is 0 Å². The van der Waals surface area contributed by atoms with Crippen LogP contribution in [-0.4, -0.2) is 22.9 Å². The fourth-order valence-electron chi connectivity index (χ4n) is 5.72. The van der Waals surface area contributed by atoms with Gasteiger partial charge in [0.25, 0.3) is 5.69 Å². The maximum absolute atomic E-state index is 12.5. The van der Waals surface area contributed by atoms with Gasteiger partial charge in [-0.15, -0.1) is 0 Å². The van der Waals surface area contributed by atoms with Gasteiger partial charge < -0.3 is 10.6 Å². The minimum Gasteiger partial charge on any atom is -0.379 e. The van der Waals surface area contributed by atoms with Crippen molar-refractivity contribution in [1.82, 2.24) is 5.32 Å². The first-order valence-electron chi connectivity index (χ1n) is 9.31. The zero-order chi connectivity index (χ0) is 17.4. The van der Waals surface area contributed by atoms with E-state index in [0.717, 1.165) is 37.0 Å². The molecule has 1 aromatic rings. The van der Waals surface area contributed by atoms with Crippen molar-refractivity contribution in [2.45, 2.75) is 50.5 Å². The summed E-state index contributed by atoms with van der Waals surface area (Å²) in [4.78, 5) is 23.1. The second kappa shape index (κ2) is 6.32. The maximum atomic E-state index is 12.5. The highest BCUT2D eigenvalue weighted by molar-refractivity contribution is 5.77. The number of nitrogens with one attached hydrogen (secondary N) is 2. The highest BCUT2D eigenvalue weighted by Gasteiger charge is 2.51. The number of rotatable bonds is 6. The van der Waals surface area contributed by atoms with Crippen LogP contribution < -0.4 is 10.6 Å². The molecule has 2 N–H and O–H groups in total. The number of benzene rings is 1. The Kier molecular flexibility index (Phi) is 4.13. The molecule has 4 aliphatic rings. The molecule has 0 radical (unpaired) electrons. The quantitative estimate of drug-likeness (QED) is 0.612. The zero-order valence-electron chi connectivity index (χ0n) is 14.4. The molecule has 0 saturated heterocycles. The van der Waals surface area contributed by atoms with E-state index in [1.807, 2.05) is 0 Å². The second-order valence-electron chi connectivity index (χ2n) is 8.20. The Labute approximate surface area is 147 Å². The Hall–Kier alpha value is -2.11. The standard InChI is InChI=1S/C19H25N3O3/c23-18(5-6-20-16-3-1-2-4-17(16)22(24)25)21-19-10-13-7-14(11-19)9-15(8-13)12-19/h1-4,13-15,20H,5-12H2,(H,21,23). The SMILES string of the molecule is O=C(CCNc1ccccc1[N+](=O)[O-])NC12CC3CC(CC(C3)C1)C2. The van der Waals surface area contributed by atoms with Crippen LogP contribution in [0.1, 0.15) is 44.9 Å². The maximum Gasteiger partial charge on any atom is 0.292 e. The fourth-order valence-corrected chi connectivity index (χ4v) is 5.72. The molecule has 4 saturated carbocycles. The lowest BCUT2D eigenvalue weighted by molar-refractivity contribution is -0.384. The number of anilines is 1. The Morgan fingerprint density at radius 3 is 2.32 bits per heavy atom. The van der Waals surface area contributed by atoms with Gasteiger partial charge in [0.1, 0.15) is 5.69 Å². The van der Waals surface area contributed by atoms with Crippen molar-refractivity contribution in [2.24, 2.45) is 17.8 Å². The van der Waals surface area contributed by atoms with Crippen LogP contribution in [0.15, 0.2) is 24.3 Å². The summed E-state index contributed by atoms with van der Waals surface area (Å²) in [6.45, 7) is 0.406. The van der Waals surface area contributed by atoms with Gasteiger partial charge in [0.2, 0.25) is 5.91 Å². The first kappa shape index (κ1) is 16.4. The van der Waals surface area contributed by atoms with E-state index in [4.69, 9.17) is 0 Å². The molecule has 6 heteroatoms. The number of nitro benzene ring substituents is 1. The van der Waals surface area contributed by atoms with Gasteiger partial charge in [-0.2, -0.15) is 0 Å². The molecule has 4 aliphatic carbocycles. The molecule has 4 bridgehead atoms. The largest absolute Gasteiger partial charge is 0.379 e. The van der Waals surface area contributed by atoms with Gasteiger partial charge in [-0.05, 0) is 62.3 Å². The van der Waals surface area contributed by atoms with Crippen LogP contribution in [0.4, 0.5) is 11.4 Å². The number of hydrogen-bond donors (Lipinski definition) is 2. The van der Waals surface area contributed by atoms with E-state index in [-0.39, 0.29) is 17.1 Å². The number of para-hydroxylation sites is 2. The molecule has 25 heavy (non-hydrogen) atoms. The molecule has 0 heterocycles. The minimum atomic E-state index is -0.405. The van der Waals surface area contributed by atoms with E-state index in [9.17, 15) is 14.9 Å². The molecular formula is C19H25N3O3. The topological polar surface area (TPSA) is 84.3 Å². The summed E-state index contributed by atoms with van der Waals surface area (Å²) in [5.41, 5.74) is 0.545. The lowest BCUT2D eigenvalue weighted by atomic mass is 9.53. The predicted molar refractivity (Wildman–Crippen MR) is 95.2 cm³/mol. The normalized spacial score (nSPS) is 32.4. The van der Waals surface area contributed by atoms with Crippen LogP contribution >= 0.6 is 0 Å². The van der Waals surface area contributed by atoms with Crippen molar-refractivity contribution in [1.29, 1.82) is 0 Å². The summed E-state index contributed by atoms with van der Waals surface area (Å²) in [5.74, 6) is 2.47. The molecule has 1 aromatic carbocycles. The van der Waals surface area contributed by atoms with E-state index in [0.29, 0.717) is 18.7 Å². The van der Waals surface area contributed by atoms with Gasteiger partial charge in [0.15, 0.2) is 0 Å². The molecule has 134 valence electrons. The number of nitro groups is 1. The summed E-state index contributed by atoms with van der Waals surface area (Å²) in [7, 11) is 0. The number of carbonyl (C=O) groups is 1. The van der Waals surface area contributed by atoms with E-state index in [2.05, 4.69) is 10.6 Å². The second-order valence-corrected chi connectivity index (χ2v) is 8.20. The molecule has 5 rings (SSSR count). The van der Waals surface area contributed by atoms with Gasteiger partial charge in [-0.25, -0.2) is 0 Å². The molecule has 0 aromatic heterocycles. The van der Waals surface area contributed by atoms with E-state index < -0.39 is 4.92 Å². The Bertz CT molecular complexity index is 653. The molecule has 0 unspecified atom stereocenters. The van der Waals surface area contributed by atoms with Crippen molar-refractivity contribution < 1.29 is 9.72 Å². The molecule has 0 spiro atoms. The average molecular weight is 343 g/mol. The van der Waals surface area contributed by atoms with E-state index in [1.54, 1.807) is 18.2 Å². The van der Waals surface area contributed by atoms with Crippen LogP contribution in [-0.2, 0) is 4.79 Å². The molecule has 1 amide bonds. The van der Waals surface area contributed by atoms with Crippen LogP contribution in [0.2, 0.25) is 0 Å². The van der Waals surface area contributed by atoms with Gasteiger partial charge in [0, 0.05) is 24.6 Å². The first-order chi connectivity index (χ1) is 12.0.